The second-order valence-electron chi connectivity index (χ2n) is 9.00. The Bertz CT molecular complexity index is 1000. The number of carbonyl (C=O) groups excluding carboxylic acids is 4. The van der Waals surface area contributed by atoms with Crippen molar-refractivity contribution in [2.24, 2.45) is 5.41 Å². The van der Waals surface area contributed by atoms with E-state index in [0.29, 0.717) is 0 Å². The number of rotatable bonds is 4. The van der Waals surface area contributed by atoms with Crippen LogP contribution in [0.5, 0.6) is 0 Å². The van der Waals surface area contributed by atoms with Crippen LogP contribution >= 0.6 is 0 Å². The van der Waals surface area contributed by atoms with Gasteiger partial charge < -0.3 is 0 Å². The third-order valence-corrected chi connectivity index (χ3v) is 6.06. The van der Waals surface area contributed by atoms with Crippen LogP contribution in [0.25, 0.3) is 0 Å². The van der Waals surface area contributed by atoms with E-state index in [1.807, 2.05) is 64.1 Å². The van der Waals surface area contributed by atoms with Gasteiger partial charge in [0.05, 0.1) is 25.9 Å². The maximum absolute atomic E-state index is 13.3. The lowest BCUT2D eigenvalue weighted by atomic mass is 9.84. The van der Waals surface area contributed by atoms with Crippen LogP contribution in [-0.4, -0.2) is 33.4 Å². The van der Waals surface area contributed by atoms with Crippen LogP contribution in [-0.2, 0) is 32.3 Å². The summed E-state index contributed by atoms with van der Waals surface area (Å²) in [7, 11) is 0. The number of likely N-dealkylation sites (tertiary alicyclic amines) is 2. The van der Waals surface area contributed by atoms with E-state index in [-0.39, 0.29) is 25.9 Å². The Morgan fingerprint density at radius 2 is 0.935 bits per heavy atom. The van der Waals surface area contributed by atoms with Crippen molar-refractivity contribution < 1.29 is 19.2 Å². The van der Waals surface area contributed by atoms with E-state index >= 15 is 0 Å². The summed E-state index contributed by atoms with van der Waals surface area (Å²) >= 11 is 0. The predicted octanol–water partition coefficient (Wildman–Crippen LogP) is 3.12. The lowest BCUT2D eigenvalue weighted by molar-refractivity contribution is -0.148. The minimum absolute atomic E-state index is 0.112. The van der Waals surface area contributed by atoms with Gasteiger partial charge in [-0.3, -0.25) is 29.0 Å². The van der Waals surface area contributed by atoms with Crippen LogP contribution in [0.1, 0.15) is 46.2 Å². The molecule has 2 aromatic carbocycles. The fourth-order valence-corrected chi connectivity index (χ4v) is 4.91. The van der Waals surface area contributed by atoms with Crippen molar-refractivity contribution in [3.8, 4) is 0 Å². The van der Waals surface area contributed by atoms with Crippen LogP contribution in [0, 0.1) is 33.1 Å². The molecule has 2 aliphatic heterocycles. The molecule has 6 nitrogen and oxygen atoms in total. The van der Waals surface area contributed by atoms with E-state index in [4.69, 9.17) is 0 Å². The molecule has 0 unspecified atom stereocenters. The molecule has 1 spiro atoms. The predicted molar refractivity (Wildman–Crippen MR) is 115 cm³/mol. The minimum Gasteiger partial charge on any atom is -0.277 e. The van der Waals surface area contributed by atoms with Gasteiger partial charge in [-0.25, -0.2) is 0 Å². The highest BCUT2D eigenvalue weighted by Crippen LogP contribution is 2.44. The largest absolute Gasteiger partial charge is 0.277 e. The van der Waals surface area contributed by atoms with Gasteiger partial charge in [0.2, 0.25) is 23.6 Å². The van der Waals surface area contributed by atoms with E-state index in [9.17, 15) is 19.2 Å². The molecule has 2 aromatic rings. The standard InChI is InChI=1S/C25H26N2O4/c1-15-5-16(2)8-19(7-15)13-26-21(28)11-25(23(26)30)12-22(29)27(24(25)31)14-20-9-17(3)6-18(4)10-20/h5-10H,11-14H2,1-4H3. The van der Waals surface area contributed by atoms with Gasteiger partial charge in [-0.1, -0.05) is 58.7 Å². The van der Waals surface area contributed by atoms with Crippen molar-refractivity contribution >= 4 is 23.6 Å². The molecular formula is C25H26N2O4. The molecule has 6 heteroatoms. The fraction of sp³-hybridized carbons (Fsp3) is 0.360. The molecule has 4 rings (SSSR count). The van der Waals surface area contributed by atoms with Crippen molar-refractivity contribution in [3.05, 3.63) is 69.8 Å². The first-order chi connectivity index (χ1) is 14.6. The Hall–Kier alpha value is -3.28. The molecule has 0 N–H and O–H groups in total. The van der Waals surface area contributed by atoms with E-state index < -0.39 is 29.0 Å². The topological polar surface area (TPSA) is 74.8 Å². The van der Waals surface area contributed by atoms with Crippen molar-refractivity contribution in [2.75, 3.05) is 0 Å². The average molecular weight is 418 g/mol. The molecule has 2 aliphatic rings. The molecule has 0 saturated carbocycles. The first-order valence-electron chi connectivity index (χ1n) is 10.4. The quantitative estimate of drug-likeness (QED) is 0.565. The number of aryl methyl sites for hydroxylation is 4. The minimum atomic E-state index is -1.59. The number of imide groups is 2. The number of hydrogen-bond acceptors (Lipinski definition) is 4. The summed E-state index contributed by atoms with van der Waals surface area (Å²) in [6.07, 6.45) is -0.491. The van der Waals surface area contributed by atoms with Crippen molar-refractivity contribution in [3.63, 3.8) is 0 Å². The lowest BCUT2D eigenvalue weighted by Crippen LogP contribution is -2.41. The Balaban J connectivity index is 1.59. The van der Waals surface area contributed by atoms with Gasteiger partial charge in [0.15, 0.2) is 0 Å². The highest BCUT2D eigenvalue weighted by atomic mass is 16.2. The molecular weight excluding hydrogens is 392 g/mol. The number of carbonyl (C=O) groups is 4. The van der Waals surface area contributed by atoms with Gasteiger partial charge >= 0.3 is 0 Å². The van der Waals surface area contributed by atoms with E-state index in [2.05, 4.69) is 0 Å². The second kappa shape index (κ2) is 7.45. The summed E-state index contributed by atoms with van der Waals surface area (Å²) in [5.41, 5.74) is 4.23. The second-order valence-corrected chi connectivity index (χ2v) is 9.00. The first kappa shape index (κ1) is 21.0. The molecule has 4 amide bonds. The van der Waals surface area contributed by atoms with Crippen LogP contribution < -0.4 is 0 Å². The molecule has 31 heavy (non-hydrogen) atoms. The Morgan fingerprint density at radius 3 is 1.26 bits per heavy atom. The Kier molecular flexibility index (Phi) is 5.04. The molecule has 2 heterocycles. The maximum atomic E-state index is 13.3. The van der Waals surface area contributed by atoms with Crippen LogP contribution in [0.4, 0.5) is 0 Å². The van der Waals surface area contributed by atoms with Crippen molar-refractivity contribution in [1.29, 1.82) is 0 Å². The maximum Gasteiger partial charge on any atom is 0.246 e. The molecule has 0 aromatic heterocycles. The molecule has 2 saturated heterocycles. The van der Waals surface area contributed by atoms with Crippen LogP contribution in [0.3, 0.4) is 0 Å². The normalized spacial score (nSPS) is 18.1. The van der Waals surface area contributed by atoms with Crippen molar-refractivity contribution in [1.82, 2.24) is 9.80 Å². The van der Waals surface area contributed by atoms with Gasteiger partial charge in [-0.2, -0.15) is 0 Å². The molecule has 0 atom stereocenters. The van der Waals surface area contributed by atoms with Gasteiger partial charge in [0.25, 0.3) is 0 Å². The summed E-state index contributed by atoms with van der Waals surface area (Å²) < 4.78 is 0. The van der Waals surface area contributed by atoms with E-state index in [0.717, 1.165) is 43.2 Å². The number of amides is 4. The van der Waals surface area contributed by atoms with Crippen molar-refractivity contribution in [2.45, 2.75) is 53.6 Å². The summed E-state index contributed by atoms with van der Waals surface area (Å²) in [5, 5.41) is 0. The number of hydrogen-bond donors (Lipinski definition) is 0. The zero-order chi connectivity index (χ0) is 22.5. The lowest BCUT2D eigenvalue weighted by Gasteiger charge is -2.21. The smallest absolute Gasteiger partial charge is 0.246 e. The third-order valence-electron chi connectivity index (χ3n) is 6.06. The highest BCUT2D eigenvalue weighted by molar-refractivity contribution is 6.24. The van der Waals surface area contributed by atoms with Crippen LogP contribution in [0.2, 0.25) is 0 Å². The van der Waals surface area contributed by atoms with Gasteiger partial charge in [-0.05, 0) is 38.8 Å². The van der Waals surface area contributed by atoms with E-state index in [1.165, 1.54) is 0 Å². The summed E-state index contributed by atoms with van der Waals surface area (Å²) in [6, 6.07) is 11.7. The zero-order valence-corrected chi connectivity index (χ0v) is 18.3. The number of nitrogens with zero attached hydrogens (tertiary/aromatic N) is 2. The monoisotopic (exact) mass is 418 g/mol. The van der Waals surface area contributed by atoms with Gasteiger partial charge in [0, 0.05) is 0 Å². The first-order valence-corrected chi connectivity index (χ1v) is 10.4. The average Bonchev–Trinajstić information content (AvgIpc) is 3.02. The summed E-state index contributed by atoms with van der Waals surface area (Å²) in [5.74, 6) is -1.92. The molecule has 0 bridgehead atoms. The van der Waals surface area contributed by atoms with E-state index in [1.54, 1.807) is 0 Å². The fourth-order valence-electron chi connectivity index (χ4n) is 4.91. The highest BCUT2D eigenvalue weighted by Gasteiger charge is 2.63. The molecule has 160 valence electrons. The number of benzene rings is 2. The summed E-state index contributed by atoms with van der Waals surface area (Å²) in [4.78, 5) is 54.3. The SMILES string of the molecule is Cc1cc(C)cc(CN2C(=O)CC3(CC(=O)N(Cc4cc(C)cc(C)c4)C3=O)C2=O)c1. The molecule has 0 radical (unpaired) electrons. The molecule has 0 aliphatic carbocycles. The summed E-state index contributed by atoms with van der Waals surface area (Å²) in [6.45, 7) is 8.04. The van der Waals surface area contributed by atoms with Gasteiger partial charge in [0.1, 0.15) is 5.41 Å². The third kappa shape index (κ3) is 3.67. The van der Waals surface area contributed by atoms with Gasteiger partial charge in [-0.15, -0.1) is 0 Å². The Morgan fingerprint density at radius 1 is 0.613 bits per heavy atom. The molecule has 2 fully saturated rings. The zero-order valence-electron chi connectivity index (χ0n) is 18.3. The van der Waals surface area contributed by atoms with Crippen LogP contribution in [0.15, 0.2) is 36.4 Å². The Labute approximate surface area is 181 Å².